The van der Waals surface area contributed by atoms with E-state index in [0.717, 1.165) is 42.9 Å². The van der Waals surface area contributed by atoms with E-state index in [1.807, 2.05) is 6.07 Å². The second-order valence-corrected chi connectivity index (χ2v) is 6.80. The van der Waals surface area contributed by atoms with Crippen LogP contribution in [-0.2, 0) is 13.0 Å². The van der Waals surface area contributed by atoms with E-state index < -0.39 is 0 Å². The number of amides is 2. The van der Waals surface area contributed by atoms with Gasteiger partial charge in [0.15, 0.2) is 0 Å². The summed E-state index contributed by atoms with van der Waals surface area (Å²) < 4.78 is 2.20. The maximum absolute atomic E-state index is 11.9. The molecule has 6 heteroatoms. The third-order valence-electron chi connectivity index (χ3n) is 4.61. The fraction of sp³-hybridized carbons (Fsp3) is 0.474. The molecule has 0 bridgehead atoms. The smallest absolute Gasteiger partial charge is 0.319 e. The second kappa shape index (κ2) is 7.59. The molecule has 1 atom stereocenters. The van der Waals surface area contributed by atoms with Crippen LogP contribution >= 0.6 is 0 Å². The molecule has 1 aromatic carbocycles. The van der Waals surface area contributed by atoms with Gasteiger partial charge in [0.2, 0.25) is 0 Å². The SMILES string of the molecule is CCCCNC(=O)Nc1cc(-c2cn3c(n2)CC(C)CC3)ccc1O. The highest BCUT2D eigenvalue weighted by atomic mass is 16.3. The number of benzene rings is 1. The highest BCUT2D eigenvalue weighted by Gasteiger charge is 2.18. The Morgan fingerprint density at radius 2 is 2.28 bits per heavy atom. The molecule has 2 heterocycles. The van der Waals surface area contributed by atoms with Gasteiger partial charge in [-0.15, -0.1) is 0 Å². The first-order chi connectivity index (χ1) is 12.1. The van der Waals surface area contributed by atoms with Crippen LogP contribution in [0.1, 0.15) is 38.9 Å². The van der Waals surface area contributed by atoms with Gasteiger partial charge in [-0.1, -0.05) is 20.3 Å². The Bertz CT molecular complexity index is 754. The van der Waals surface area contributed by atoms with Gasteiger partial charge < -0.3 is 20.3 Å². The normalized spacial score (nSPS) is 16.3. The van der Waals surface area contributed by atoms with Gasteiger partial charge in [0, 0.05) is 31.3 Å². The van der Waals surface area contributed by atoms with E-state index in [9.17, 15) is 9.90 Å². The average Bonchev–Trinajstić information content (AvgIpc) is 3.00. The highest BCUT2D eigenvalue weighted by Crippen LogP contribution is 2.31. The maximum Gasteiger partial charge on any atom is 0.319 e. The number of aryl methyl sites for hydroxylation is 1. The number of fused-ring (bicyclic) bond motifs is 1. The van der Waals surface area contributed by atoms with Crippen LogP contribution in [0.2, 0.25) is 0 Å². The minimum absolute atomic E-state index is 0.0481. The zero-order valence-electron chi connectivity index (χ0n) is 14.9. The lowest BCUT2D eigenvalue weighted by Gasteiger charge is -2.18. The summed E-state index contributed by atoms with van der Waals surface area (Å²) in [6, 6.07) is 4.89. The Hall–Kier alpha value is -2.50. The molecular weight excluding hydrogens is 316 g/mol. The van der Waals surface area contributed by atoms with Crippen LogP contribution < -0.4 is 10.6 Å². The van der Waals surface area contributed by atoms with Crippen LogP contribution in [0.3, 0.4) is 0 Å². The number of rotatable bonds is 5. The highest BCUT2D eigenvalue weighted by molar-refractivity contribution is 5.91. The van der Waals surface area contributed by atoms with Crippen molar-refractivity contribution < 1.29 is 9.90 Å². The Morgan fingerprint density at radius 1 is 1.44 bits per heavy atom. The monoisotopic (exact) mass is 342 g/mol. The van der Waals surface area contributed by atoms with Crippen molar-refractivity contribution in [3.05, 3.63) is 30.2 Å². The summed E-state index contributed by atoms with van der Waals surface area (Å²) in [5.74, 6) is 1.81. The first-order valence-corrected chi connectivity index (χ1v) is 9.01. The van der Waals surface area contributed by atoms with Crippen LogP contribution in [0.15, 0.2) is 24.4 Å². The molecule has 2 aromatic rings. The van der Waals surface area contributed by atoms with Gasteiger partial charge in [-0.25, -0.2) is 9.78 Å². The van der Waals surface area contributed by atoms with Gasteiger partial charge in [0.05, 0.1) is 11.4 Å². The van der Waals surface area contributed by atoms with Crippen LogP contribution in [0, 0.1) is 5.92 Å². The summed E-state index contributed by atoms with van der Waals surface area (Å²) in [6.45, 7) is 5.93. The molecular formula is C19H26N4O2. The van der Waals surface area contributed by atoms with Crippen molar-refractivity contribution in [1.29, 1.82) is 0 Å². The summed E-state index contributed by atoms with van der Waals surface area (Å²) >= 11 is 0. The summed E-state index contributed by atoms with van der Waals surface area (Å²) in [7, 11) is 0. The van der Waals surface area contributed by atoms with Crippen molar-refractivity contribution in [2.24, 2.45) is 5.92 Å². The largest absolute Gasteiger partial charge is 0.506 e. The third-order valence-corrected chi connectivity index (χ3v) is 4.61. The quantitative estimate of drug-likeness (QED) is 0.572. The number of unbranched alkanes of at least 4 members (excludes halogenated alkanes) is 1. The number of phenolic OH excluding ortho intramolecular Hbond substituents is 1. The molecule has 3 rings (SSSR count). The zero-order chi connectivity index (χ0) is 17.8. The standard InChI is InChI=1S/C19H26N4O2/c1-3-4-8-20-19(25)22-15-11-14(5-6-17(15)24)16-12-23-9-7-13(2)10-18(23)21-16/h5-6,11-13,24H,3-4,7-10H2,1-2H3,(H2,20,22,25). The zero-order valence-corrected chi connectivity index (χ0v) is 14.9. The number of aromatic nitrogens is 2. The minimum Gasteiger partial charge on any atom is -0.506 e. The molecule has 0 saturated carbocycles. The number of phenols is 1. The molecule has 6 nitrogen and oxygen atoms in total. The summed E-state index contributed by atoms with van der Waals surface area (Å²) in [5, 5.41) is 15.5. The predicted octanol–water partition coefficient (Wildman–Crippen LogP) is 3.76. The van der Waals surface area contributed by atoms with Crippen molar-refractivity contribution in [3.8, 4) is 17.0 Å². The summed E-state index contributed by atoms with van der Waals surface area (Å²) in [4.78, 5) is 16.7. The topological polar surface area (TPSA) is 79.2 Å². The molecule has 2 amide bonds. The molecule has 1 aliphatic heterocycles. The molecule has 1 unspecified atom stereocenters. The number of anilines is 1. The number of hydrogen-bond acceptors (Lipinski definition) is 3. The molecule has 0 fully saturated rings. The van der Waals surface area contributed by atoms with Crippen molar-refractivity contribution in [1.82, 2.24) is 14.9 Å². The molecule has 0 aliphatic carbocycles. The summed E-state index contributed by atoms with van der Waals surface area (Å²) in [5.41, 5.74) is 2.15. The molecule has 0 spiro atoms. The van der Waals surface area contributed by atoms with E-state index in [2.05, 4.69) is 35.2 Å². The van der Waals surface area contributed by atoms with Crippen LogP contribution in [0.4, 0.5) is 10.5 Å². The van der Waals surface area contributed by atoms with Gasteiger partial charge in [0.25, 0.3) is 0 Å². The van der Waals surface area contributed by atoms with E-state index in [1.165, 1.54) is 6.42 Å². The number of imidazole rings is 1. The molecule has 1 aliphatic rings. The number of nitrogens with one attached hydrogen (secondary N) is 2. The van der Waals surface area contributed by atoms with Crippen LogP contribution in [-0.4, -0.2) is 27.2 Å². The van der Waals surface area contributed by atoms with E-state index in [4.69, 9.17) is 4.98 Å². The van der Waals surface area contributed by atoms with Crippen LogP contribution in [0.25, 0.3) is 11.3 Å². The number of carbonyl (C=O) groups excluding carboxylic acids is 1. The van der Waals surface area contributed by atoms with Gasteiger partial charge in [-0.05, 0) is 37.0 Å². The number of aromatic hydroxyl groups is 1. The van der Waals surface area contributed by atoms with Gasteiger partial charge in [0.1, 0.15) is 11.6 Å². The van der Waals surface area contributed by atoms with Gasteiger partial charge >= 0.3 is 6.03 Å². The lowest BCUT2D eigenvalue weighted by molar-refractivity contribution is 0.252. The van der Waals surface area contributed by atoms with E-state index >= 15 is 0 Å². The molecule has 0 saturated heterocycles. The minimum atomic E-state index is -0.307. The number of nitrogens with zero attached hydrogens (tertiary/aromatic N) is 2. The van der Waals surface area contributed by atoms with E-state index in [1.54, 1.807) is 12.1 Å². The molecule has 25 heavy (non-hydrogen) atoms. The number of carbonyl (C=O) groups is 1. The molecule has 134 valence electrons. The Morgan fingerprint density at radius 3 is 3.08 bits per heavy atom. The van der Waals surface area contributed by atoms with Crippen molar-refractivity contribution in [2.75, 3.05) is 11.9 Å². The van der Waals surface area contributed by atoms with Crippen LogP contribution in [0.5, 0.6) is 5.75 Å². The van der Waals surface area contributed by atoms with Gasteiger partial charge in [-0.2, -0.15) is 0 Å². The lowest BCUT2D eigenvalue weighted by atomic mass is 10.0. The lowest BCUT2D eigenvalue weighted by Crippen LogP contribution is -2.29. The molecule has 1 aromatic heterocycles. The van der Waals surface area contributed by atoms with Crippen molar-refractivity contribution in [3.63, 3.8) is 0 Å². The molecule has 3 N–H and O–H groups in total. The number of urea groups is 1. The molecule has 0 radical (unpaired) electrons. The first kappa shape index (κ1) is 17.3. The Balaban J connectivity index is 1.76. The van der Waals surface area contributed by atoms with Crippen molar-refractivity contribution >= 4 is 11.7 Å². The Kier molecular flexibility index (Phi) is 5.26. The second-order valence-electron chi connectivity index (χ2n) is 6.80. The number of hydrogen-bond donors (Lipinski definition) is 3. The maximum atomic E-state index is 11.9. The fourth-order valence-electron chi connectivity index (χ4n) is 3.06. The first-order valence-electron chi connectivity index (χ1n) is 9.01. The van der Waals surface area contributed by atoms with Crippen molar-refractivity contribution in [2.45, 2.75) is 46.1 Å². The average molecular weight is 342 g/mol. The fourth-order valence-corrected chi connectivity index (χ4v) is 3.06. The predicted molar refractivity (Wildman–Crippen MR) is 98.7 cm³/mol. The van der Waals surface area contributed by atoms with E-state index in [-0.39, 0.29) is 11.8 Å². The summed E-state index contributed by atoms with van der Waals surface area (Å²) in [6.07, 6.45) is 6.16. The Labute approximate surface area is 148 Å². The van der Waals surface area contributed by atoms with E-state index in [0.29, 0.717) is 18.2 Å². The third kappa shape index (κ3) is 4.13. The van der Waals surface area contributed by atoms with Gasteiger partial charge in [-0.3, -0.25) is 0 Å².